The molecule has 1 saturated carbocycles. The van der Waals surface area contributed by atoms with Gasteiger partial charge in [0.05, 0.1) is 10.5 Å². The molecule has 0 saturated heterocycles. The average molecular weight is 414 g/mol. The summed E-state index contributed by atoms with van der Waals surface area (Å²) in [5, 5.41) is 20.5. The SMILES string of the molecule is CC(C)CN(c1ccc(C(=CC(=O)O)C(F)(F)F)cc1[N+](=O)[O-])C1CCCCC1. The van der Waals surface area contributed by atoms with Crippen LogP contribution >= 0.6 is 0 Å². The molecule has 29 heavy (non-hydrogen) atoms. The number of anilines is 1. The van der Waals surface area contributed by atoms with Crippen molar-refractivity contribution in [3.05, 3.63) is 40.0 Å². The number of carbonyl (C=O) groups is 1. The number of nitro groups is 1. The van der Waals surface area contributed by atoms with Gasteiger partial charge in [0.15, 0.2) is 0 Å². The summed E-state index contributed by atoms with van der Waals surface area (Å²) in [6.45, 7) is 4.50. The smallest absolute Gasteiger partial charge is 0.417 e. The lowest BCUT2D eigenvalue weighted by atomic mass is 9.92. The molecule has 1 aromatic rings. The molecule has 1 aliphatic carbocycles. The molecular formula is C20H25F3N2O4. The van der Waals surface area contributed by atoms with Gasteiger partial charge in [-0.3, -0.25) is 10.1 Å². The molecule has 1 fully saturated rings. The van der Waals surface area contributed by atoms with E-state index in [0.29, 0.717) is 6.54 Å². The molecule has 1 aromatic carbocycles. The molecule has 0 radical (unpaired) electrons. The normalized spacial score (nSPS) is 16.1. The van der Waals surface area contributed by atoms with Gasteiger partial charge in [-0.25, -0.2) is 4.79 Å². The van der Waals surface area contributed by atoms with Crippen LogP contribution in [-0.2, 0) is 4.79 Å². The molecule has 0 heterocycles. The maximum absolute atomic E-state index is 13.3. The van der Waals surface area contributed by atoms with Crippen molar-refractivity contribution in [1.82, 2.24) is 0 Å². The third-order valence-corrected chi connectivity index (χ3v) is 4.94. The molecule has 1 N–H and O–H groups in total. The molecule has 2 rings (SSSR count). The average Bonchev–Trinajstić information content (AvgIpc) is 2.63. The van der Waals surface area contributed by atoms with Crippen LogP contribution in [0.1, 0.15) is 51.5 Å². The van der Waals surface area contributed by atoms with E-state index < -0.39 is 33.9 Å². The Hall–Kier alpha value is -2.58. The van der Waals surface area contributed by atoms with Crippen LogP contribution < -0.4 is 4.90 Å². The molecule has 0 atom stereocenters. The van der Waals surface area contributed by atoms with Crippen molar-refractivity contribution in [2.75, 3.05) is 11.4 Å². The summed E-state index contributed by atoms with van der Waals surface area (Å²) in [4.78, 5) is 23.8. The highest BCUT2D eigenvalue weighted by Gasteiger charge is 2.37. The van der Waals surface area contributed by atoms with Crippen molar-refractivity contribution >= 4 is 22.9 Å². The number of hydrogen-bond acceptors (Lipinski definition) is 4. The standard InChI is InChI=1S/C20H25F3N2O4/c1-13(2)12-24(15-6-4-3-5-7-15)17-9-8-14(10-18(17)25(28)29)16(11-19(26)27)20(21,22)23/h8-11,13,15H,3-7,12H2,1-2H3,(H,26,27). The highest BCUT2D eigenvalue weighted by atomic mass is 19.4. The summed E-state index contributed by atoms with van der Waals surface area (Å²) >= 11 is 0. The number of nitrogens with zero attached hydrogens (tertiary/aromatic N) is 2. The zero-order chi connectivity index (χ0) is 21.8. The second-order valence-corrected chi connectivity index (χ2v) is 7.69. The fourth-order valence-corrected chi connectivity index (χ4v) is 3.76. The van der Waals surface area contributed by atoms with Gasteiger partial charge in [0.25, 0.3) is 5.69 Å². The zero-order valence-corrected chi connectivity index (χ0v) is 16.4. The lowest BCUT2D eigenvalue weighted by Crippen LogP contribution is -2.39. The molecule has 0 unspecified atom stereocenters. The molecular weight excluding hydrogens is 389 g/mol. The molecule has 160 valence electrons. The van der Waals surface area contributed by atoms with Crippen molar-refractivity contribution in [2.24, 2.45) is 5.92 Å². The fraction of sp³-hybridized carbons (Fsp3) is 0.550. The lowest BCUT2D eigenvalue weighted by Gasteiger charge is -2.37. The van der Waals surface area contributed by atoms with Gasteiger partial charge in [-0.05, 0) is 30.4 Å². The van der Waals surface area contributed by atoms with E-state index in [2.05, 4.69) is 0 Å². The summed E-state index contributed by atoms with van der Waals surface area (Å²) in [5.41, 5.74) is -2.14. The predicted octanol–water partition coefficient (Wildman–Crippen LogP) is 5.42. The van der Waals surface area contributed by atoms with E-state index in [1.54, 1.807) is 0 Å². The van der Waals surface area contributed by atoms with Gasteiger partial charge >= 0.3 is 12.1 Å². The maximum Gasteiger partial charge on any atom is 0.417 e. The van der Waals surface area contributed by atoms with Crippen LogP contribution in [0.2, 0.25) is 0 Å². The quantitative estimate of drug-likeness (QED) is 0.366. The molecule has 0 aromatic heterocycles. The third-order valence-electron chi connectivity index (χ3n) is 4.94. The Balaban J connectivity index is 2.57. The minimum Gasteiger partial charge on any atom is -0.478 e. The number of carboxylic acid groups (broad SMARTS) is 1. The highest BCUT2D eigenvalue weighted by molar-refractivity contribution is 5.92. The molecule has 0 aliphatic heterocycles. The molecule has 0 spiro atoms. The number of nitro benzene ring substituents is 1. The topological polar surface area (TPSA) is 83.7 Å². The van der Waals surface area contributed by atoms with Crippen LogP contribution in [0.3, 0.4) is 0 Å². The Morgan fingerprint density at radius 1 is 1.31 bits per heavy atom. The molecule has 1 aliphatic rings. The van der Waals surface area contributed by atoms with Crippen LogP contribution in [0.4, 0.5) is 24.5 Å². The molecule has 6 nitrogen and oxygen atoms in total. The lowest BCUT2D eigenvalue weighted by molar-refractivity contribution is -0.384. The minimum absolute atomic E-state index is 0.0335. The first-order valence-electron chi connectivity index (χ1n) is 9.58. The van der Waals surface area contributed by atoms with Crippen LogP contribution in [0.5, 0.6) is 0 Å². The predicted molar refractivity (Wildman–Crippen MR) is 104 cm³/mol. The summed E-state index contributed by atoms with van der Waals surface area (Å²) in [5.74, 6) is -1.57. The van der Waals surface area contributed by atoms with Crippen molar-refractivity contribution in [3.8, 4) is 0 Å². The van der Waals surface area contributed by atoms with E-state index in [1.807, 2.05) is 18.7 Å². The van der Waals surface area contributed by atoms with Crippen LogP contribution in [-0.4, -0.2) is 34.8 Å². The van der Waals surface area contributed by atoms with Gasteiger partial charge in [-0.2, -0.15) is 13.2 Å². The van der Waals surface area contributed by atoms with Crippen molar-refractivity contribution in [3.63, 3.8) is 0 Å². The maximum atomic E-state index is 13.3. The Kier molecular flexibility index (Phi) is 7.26. The number of allylic oxidation sites excluding steroid dienone is 1. The number of carboxylic acids is 1. The number of halogens is 3. The zero-order valence-electron chi connectivity index (χ0n) is 16.4. The first-order valence-corrected chi connectivity index (χ1v) is 9.58. The van der Waals surface area contributed by atoms with Gasteiger partial charge in [0.2, 0.25) is 0 Å². The van der Waals surface area contributed by atoms with E-state index in [1.165, 1.54) is 6.07 Å². The number of hydrogen-bond donors (Lipinski definition) is 1. The van der Waals surface area contributed by atoms with Gasteiger partial charge in [-0.1, -0.05) is 39.2 Å². The van der Waals surface area contributed by atoms with Gasteiger partial charge in [0.1, 0.15) is 5.69 Å². The van der Waals surface area contributed by atoms with Crippen molar-refractivity contribution < 1.29 is 28.0 Å². The number of rotatable bonds is 7. The first kappa shape index (κ1) is 22.7. The van der Waals surface area contributed by atoms with Crippen molar-refractivity contribution in [1.29, 1.82) is 0 Å². The highest BCUT2D eigenvalue weighted by Crippen LogP contribution is 2.40. The van der Waals surface area contributed by atoms with E-state index in [-0.39, 0.29) is 23.7 Å². The Bertz CT molecular complexity index is 784. The van der Waals surface area contributed by atoms with E-state index in [4.69, 9.17) is 5.11 Å². The fourth-order valence-electron chi connectivity index (χ4n) is 3.76. The second kappa shape index (κ2) is 9.28. The first-order chi connectivity index (χ1) is 13.5. The Morgan fingerprint density at radius 2 is 1.93 bits per heavy atom. The van der Waals surface area contributed by atoms with Crippen molar-refractivity contribution in [2.45, 2.75) is 58.2 Å². The van der Waals surface area contributed by atoms with Crippen LogP contribution in [0.25, 0.3) is 5.57 Å². The molecule has 0 amide bonds. The number of aliphatic carboxylic acids is 1. The minimum atomic E-state index is -4.95. The monoisotopic (exact) mass is 414 g/mol. The molecule has 0 bridgehead atoms. The number of alkyl halides is 3. The largest absolute Gasteiger partial charge is 0.478 e. The van der Waals surface area contributed by atoms with Gasteiger partial charge < -0.3 is 10.0 Å². The van der Waals surface area contributed by atoms with E-state index in [0.717, 1.165) is 44.2 Å². The van der Waals surface area contributed by atoms with E-state index in [9.17, 15) is 28.1 Å². The van der Waals surface area contributed by atoms with Crippen LogP contribution in [0.15, 0.2) is 24.3 Å². The summed E-state index contributed by atoms with van der Waals surface area (Å²) < 4.78 is 39.9. The summed E-state index contributed by atoms with van der Waals surface area (Å²) in [7, 11) is 0. The third kappa shape index (κ3) is 5.95. The van der Waals surface area contributed by atoms with Crippen LogP contribution in [0, 0.1) is 16.0 Å². The van der Waals surface area contributed by atoms with E-state index >= 15 is 0 Å². The van der Waals surface area contributed by atoms with Gasteiger partial charge in [0, 0.05) is 24.7 Å². The number of benzene rings is 1. The second-order valence-electron chi connectivity index (χ2n) is 7.69. The molecule has 9 heteroatoms. The summed E-state index contributed by atoms with van der Waals surface area (Å²) in [6, 6.07) is 3.34. The Labute approximate surface area is 167 Å². The Morgan fingerprint density at radius 3 is 2.41 bits per heavy atom. The summed E-state index contributed by atoms with van der Waals surface area (Å²) in [6.07, 6.45) is -0.0609. The van der Waals surface area contributed by atoms with Gasteiger partial charge in [-0.15, -0.1) is 0 Å².